The molecule has 2 aromatic rings. The van der Waals surface area contributed by atoms with Crippen molar-refractivity contribution in [1.29, 1.82) is 0 Å². The van der Waals surface area contributed by atoms with Crippen molar-refractivity contribution in [2.45, 2.75) is 44.8 Å². The van der Waals surface area contributed by atoms with Crippen LogP contribution in [0.1, 0.15) is 53.8 Å². The van der Waals surface area contributed by atoms with E-state index in [9.17, 15) is 18.0 Å². The molecule has 0 unspecified atom stereocenters. The predicted molar refractivity (Wildman–Crippen MR) is 89.6 cm³/mol. The van der Waals surface area contributed by atoms with Crippen LogP contribution in [0.25, 0.3) is 0 Å². The second-order valence-electron chi connectivity index (χ2n) is 6.53. The van der Waals surface area contributed by atoms with E-state index < -0.39 is 11.7 Å². The average Bonchev–Trinajstić information content (AvgIpc) is 3.10. The molecular weight excluding hydrogens is 345 g/mol. The van der Waals surface area contributed by atoms with Crippen LogP contribution in [0.15, 0.2) is 30.9 Å². The van der Waals surface area contributed by atoms with E-state index in [0.717, 1.165) is 25.4 Å². The average molecular weight is 366 g/mol. The third-order valence-corrected chi connectivity index (χ3v) is 4.63. The van der Waals surface area contributed by atoms with Gasteiger partial charge in [0.25, 0.3) is 5.91 Å². The topological polar surface area (TPSA) is 51.0 Å². The first kappa shape index (κ1) is 18.4. The van der Waals surface area contributed by atoms with Gasteiger partial charge in [-0.3, -0.25) is 4.79 Å². The van der Waals surface area contributed by atoms with Gasteiger partial charge in [-0.1, -0.05) is 6.92 Å². The summed E-state index contributed by atoms with van der Waals surface area (Å²) in [6.45, 7) is 4.05. The van der Waals surface area contributed by atoms with Crippen LogP contribution in [0.2, 0.25) is 0 Å². The summed E-state index contributed by atoms with van der Waals surface area (Å²) in [5.41, 5.74) is -0.173. The fraction of sp³-hybridized carbons (Fsp3) is 0.500. The van der Waals surface area contributed by atoms with Crippen molar-refractivity contribution < 1.29 is 18.0 Å². The van der Waals surface area contributed by atoms with E-state index in [4.69, 9.17) is 0 Å². The molecule has 0 saturated carbocycles. The third-order valence-electron chi connectivity index (χ3n) is 4.63. The van der Waals surface area contributed by atoms with E-state index in [1.165, 1.54) is 0 Å². The van der Waals surface area contributed by atoms with Crippen LogP contribution in [0, 0.1) is 0 Å². The number of piperidine rings is 1. The molecule has 0 atom stereocenters. The van der Waals surface area contributed by atoms with Crippen molar-refractivity contribution in [3.8, 4) is 0 Å². The highest BCUT2D eigenvalue weighted by molar-refractivity contribution is 5.94. The minimum Gasteiger partial charge on any atom is -0.353 e. The maximum atomic E-state index is 12.6. The maximum absolute atomic E-state index is 12.6. The molecule has 3 heterocycles. The molecular formula is C18H21F3N4O. The van der Waals surface area contributed by atoms with Gasteiger partial charge in [0.2, 0.25) is 0 Å². The van der Waals surface area contributed by atoms with Gasteiger partial charge < -0.3 is 9.47 Å². The van der Waals surface area contributed by atoms with Gasteiger partial charge in [-0.05, 0) is 25.3 Å². The van der Waals surface area contributed by atoms with Crippen LogP contribution in [0.3, 0.4) is 0 Å². The van der Waals surface area contributed by atoms with Crippen LogP contribution in [0.5, 0.6) is 0 Å². The molecule has 0 aliphatic carbocycles. The summed E-state index contributed by atoms with van der Waals surface area (Å²) in [5.74, 6) is 0.386. The van der Waals surface area contributed by atoms with E-state index in [-0.39, 0.29) is 11.8 Å². The molecule has 0 bridgehead atoms. The van der Waals surface area contributed by atoms with Gasteiger partial charge in [0.05, 0.1) is 11.1 Å². The van der Waals surface area contributed by atoms with E-state index >= 15 is 0 Å². The lowest BCUT2D eigenvalue weighted by Gasteiger charge is -2.31. The number of alkyl halides is 3. The van der Waals surface area contributed by atoms with Crippen LogP contribution in [-0.4, -0.2) is 38.4 Å². The van der Waals surface area contributed by atoms with Gasteiger partial charge in [0.15, 0.2) is 0 Å². The Morgan fingerprint density at radius 3 is 2.46 bits per heavy atom. The lowest BCUT2D eigenvalue weighted by molar-refractivity contribution is -0.138. The normalized spacial score (nSPS) is 16.1. The van der Waals surface area contributed by atoms with Crippen molar-refractivity contribution in [2.24, 2.45) is 0 Å². The molecule has 1 saturated heterocycles. The number of likely N-dealkylation sites (tertiary alicyclic amines) is 1. The largest absolute Gasteiger partial charge is 0.419 e. The molecule has 0 aromatic carbocycles. The molecule has 1 fully saturated rings. The summed E-state index contributed by atoms with van der Waals surface area (Å²) in [6.07, 6.45) is 3.28. The standard InChI is InChI=1S/C18H21F3N4O/c1-2-6-24-7-3-14(12-24)17(26)25-8-4-13(5-9-25)16-22-10-15(11-23-16)18(19,20)21/h3,7,10-13H,2,4-6,8-9H2,1H3. The lowest BCUT2D eigenvalue weighted by Crippen LogP contribution is -2.38. The fourth-order valence-corrected chi connectivity index (χ4v) is 3.18. The number of carbonyl (C=O) groups is 1. The van der Waals surface area contributed by atoms with Gasteiger partial charge >= 0.3 is 6.18 Å². The molecule has 0 spiro atoms. The van der Waals surface area contributed by atoms with Crippen LogP contribution >= 0.6 is 0 Å². The predicted octanol–water partition coefficient (Wildman–Crippen LogP) is 3.73. The van der Waals surface area contributed by atoms with E-state index in [2.05, 4.69) is 16.9 Å². The van der Waals surface area contributed by atoms with E-state index in [0.29, 0.717) is 37.3 Å². The molecule has 140 valence electrons. The second kappa shape index (κ2) is 7.47. The first-order valence-corrected chi connectivity index (χ1v) is 8.72. The third kappa shape index (κ3) is 4.05. The Kier molecular flexibility index (Phi) is 5.29. The maximum Gasteiger partial charge on any atom is 0.419 e. The van der Waals surface area contributed by atoms with Crippen molar-refractivity contribution in [3.63, 3.8) is 0 Å². The molecule has 1 aliphatic rings. The molecule has 2 aromatic heterocycles. The van der Waals surface area contributed by atoms with Gasteiger partial charge in [-0.2, -0.15) is 13.2 Å². The van der Waals surface area contributed by atoms with Crippen molar-refractivity contribution >= 4 is 5.91 Å². The minimum absolute atomic E-state index is 0.00774. The Balaban J connectivity index is 1.59. The summed E-state index contributed by atoms with van der Waals surface area (Å²) in [4.78, 5) is 22.1. The molecule has 8 heteroatoms. The van der Waals surface area contributed by atoms with Gasteiger partial charge in [-0.15, -0.1) is 0 Å². The van der Waals surface area contributed by atoms with Gasteiger partial charge in [0.1, 0.15) is 5.82 Å². The first-order valence-electron chi connectivity index (χ1n) is 8.72. The summed E-state index contributed by atoms with van der Waals surface area (Å²) < 4.78 is 39.8. The number of halogens is 3. The quantitative estimate of drug-likeness (QED) is 0.829. The molecule has 0 N–H and O–H groups in total. The SMILES string of the molecule is CCCn1ccc(C(=O)N2CCC(c3ncc(C(F)(F)F)cn3)CC2)c1. The van der Waals surface area contributed by atoms with Gasteiger partial charge in [0, 0.05) is 50.3 Å². The second-order valence-corrected chi connectivity index (χ2v) is 6.53. The number of amides is 1. The molecule has 3 rings (SSSR count). The zero-order valence-electron chi connectivity index (χ0n) is 14.5. The molecule has 0 radical (unpaired) electrons. The van der Waals surface area contributed by atoms with E-state index in [1.807, 2.05) is 23.0 Å². The highest BCUT2D eigenvalue weighted by Gasteiger charge is 2.32. The van der Waals surface area contributed by atoms with Crippen LogP contribution < -0.4 is 0 Å². The van der Waals surface area contributed by atoms with Gasteiger partial charge in [-0.25, -0.2) is 9.97 Å². The zero-order chi connectivity index (χ0) is 18.7. The lowest BCUT2D eigenvalue weighted by atomic mass is 9.95. The Hall–Kier alpha value is -2.38. The summed E-state index contributed by atoms with van der Waals surface area (Å²) in [6, 6.07) is 1.82. The highest BCUT2D eigenvalue weighted by atomic mass is 19.4. The number of hydrogen-bond donors (Lipinski definition) is 0. The smallest absolute Gasteiger partial charge is 0.353 e. The number of aromatic nitrogens is 3. The highest BCUT2D eigenvalue weighted by Crippen LogP contribution is 2.30. The number of hydrogen-bond acceptors (Lipinski definition) is 3. The van der Waals surface area contributed by atoms with E-state index in [1.54, 1.807) is 4.90 Å². The number of carbonyl (C=O) groups excluding carboxylic acids is 1. The molecule has 26 heavy (non-hydrogen) atoms. The zero-order valence-corrected chi connectivity index (χ0v) is 14.5. The Morgan fingerprint density at radius 2 is 1.88 bits per heavy atom. The summed E-state index contributed by atoms with van der Waals surface area (Å²) >= 11 is 0. The van der Waals surface area contributed by atoms with Crippen molar-refractivity contribution in [1.82, 2.24) is 19.4 Å². The minimum atomic E-state index is -4.43. The molecule has 1 amide bonds. The Morgan fingerprint density at radius 1 is 1.23 bits per heavy atom. The first-order chi connectivity index (χ1) is 12.4. The number of nitrogens with zero attached hydrogens (tertiary/aromatic N) is 4. The summed E-state index contributed by atoms with van der Waals surface area (Å²) in [5, 5.41) is 0. The van der Waals surface area contributed by atoms with Crippen molar-refractivity contribution in [2.75, 3.05) is 13.1 Å². The molecule has 5 nitrogen and oxygen atoms in total. The summed E-state index contributed by atoms with van der Waals surface area (Å²) in [7, 11) is 0. The molecule has 1 aliphatic heterocycles. The number of aryl methyl sites for hydroxylation is 1. The monoisotopic (exact) mass is 366 g/mol. The fourth-order valence-electron chi connectivity index (χ4n) is 3.18. The Bertz CT molecular complexity index is 747. The van der Waals surface area contributed by atoms with Crippen LogP contribution in [-0.2, 0) is 12.7 Å². The van der Waals surface area contributed by atoms with Crippen molar-refractivity contribution in [3.05, 3.63) is 47.8 Å². The Labute approximate surface area is 149 Å². The number of rotatable bonds is 4. The van der Waals surface area contributed by atoms with Crippen LogP contribution in [0.4, 0.5) is 13.2 Å².